The molecule has 4 rings (SSSR count). The topological polar surface area (TPSA) is 74.7 Å². The Hall–Kier alpha value is -3.93. The van der Waals surface area contributed by atoms with E-state index in [9.17, 15) is 0 Å². The Labute approximate surface area is 194 Å². The Kier molecular flexibility index (Phi) is 7.15. The van der Waals surface area contributed by atoms with Gasteiger partial charge in [0.05, 0.1) is 29.5 Å². The lowest BCUT2D eigenvalue weighted by Gasteiger charge is -2.08. The molecule has 2 N–H and O–H groups in total. The smallest absolute Gasteiger partial charge is 0.190 e. The number of imidazole rings is 1. The first-order valence-electron chi connectivity index (χ1n) is 11.2. The van der Waals surface area contributed by atoms with Crippen LogP contribution in [-0.4, -0.2) is 28.6 Å². The van der Waals surface area contributed by atoms with E-state index in [1.54, 1.807) is 6.21 Å². The predicted octanol–water partition coefficient (Wildman–Crippen LogP) is 6.00. The molecule has 1 aromatic heterocycles. The Morgan fingerprint density at radius 1 is 1.03 bits per heavy atom. The van der Waals surface area contributed by atoms with E-state index in [1.807, 2.05) is 72.8 Å². The fraction of sp³-hybridized carbons (Fsp3) is 0.222. The van der Waals surface area contributed by atoms with Gasteiger partial charge in [-0.05, 0) is 73.4 Å². The van der Waals surface area contributed by atoms with Crippen LogP contribution in [0.25, 0.3) is 11.0 Å². The van der Waals surface area contributed by atoms with Crippen molar-refractivity contribution in [3.05, 3.63) is 89.7 Å². The van der Waals surface area contributed by atoms with Crippen LogP contribution in [0.4, 0.5) is 5.69 Å². The zero-order chi connectivity index (χ0) is 23.0. The molecular weight excluding hydrogens is 410 g/mol. The number of ether oxygens (including phenoxy) is 1. The summed E-state index contributed by atoms with van der Waals surface area (Å²) in [5, 5.41) is 4.41. The van der Waals surface area contributed by atoms with E-state index in [0.29, 0.717) is 17.6 Å². The number of aryl methyl sites for hydroxylation is 1. The summed E-state index contributed by atoms with van der Waals surface area (Å²) in [7, 11) is 0. The van der Waals surface area contributed by atoms with E-state index in [1.165, 1.54) is 5.56 Å². The lowest BCUT2D eigenvalue weighted by molar-refractivity contribution is 0.289. The van der Waals surface area contributed by atoms with Gasteiger partial charge in [0.1, 0.15) is 5.75 Å². The number of hydrazone groups is 1. The van der Waals surface area contributed by atoms with Crippen LogP contribution in [0.5, 0.6) is 5.75 Å². The third-order valence-corrected chi connectivity index (χ3v) is 5.12. The fourth-order valence-electron chi connectivity index (χ4n) is 3.17. The van der Waals surface area contributed by atoms with Crippen LogP contribution in [-0.2, 0) is 0 Å². The van der Waals surface area contributed by atoms with Crippen molar-refractivity contribution in [2.75, 3.05) is 6.61 Å². The first kappa shape index (κ1) is 22.3. The van der Waals surface area contributed by atoms with Gasteiger partial charge in [0.15, 0.2) is 11.7 Å². The van der Waals surface area contributed by atoms with Crippen LogP contribution in [0, 0.1) is 12.8 Å². The monoisotopic (exact) mass is 439 g/mol. The van der Waals surface area contributed by atoms with Crippen LogP contribution in [0.3, 0.4) is 0 Å². The van der Waals surface area contributed by atoms with Crippen molar-refractivity contribution in [3.63, 3.8) is 0 Å². The normalized spacial score (nSPS) is 12.1. The second-order valence-corrected chi connectivity index (χ2v) is 8.37. The van der Waals surface area contributed by atoms with E-state index in [0.717, 1.165) is 41.1 Å². The number of benzene rings is 3. The van der Waals surface area contributed by atoms with Crippen LogP contribution in [0.2, 0.25) is 0 Å². The molecule has 6 nitrogen and oxygen atoms in total. The number of amidine groups is 1. The van der Waals surface area contributed by atoms with Crippen molar-refractivity contribution in [2.45, 2.75) is 27.2 Å². The van der Waals surface area contributed by atoms with Gasteiger partial charge in [0, 0.05) is 0 Å². The fourth-order valence-corrected chi connectivity index (χ4v) is 3.17. The molecule has 0 spiro atoms. The molecule has 0 saturated heterocycles. The Morgan fingerprint density at radius 2 is 1.79 bits per heavy atom. The Balaban J connectivity index is 1.50. The molecule has 6 heteroatoms. The van der Waals surface area contributed by atoms with Crippen molar-refractivity contribution in [2.24, 2.45) is 16.0 Å². The van der Waals surface area contributed by atoms with E-state index < -0.39 is 0 Å². The molecule has 0 aliphatic carbocycles. The van der Waals surface area contributed by atoms with Crippen molar-refractivity contribution < 1.29 is 4.74 Å². The maximum atomic E-state index is 5.78. The summed E-state index contributed by atoms with van der Waals surface area (Å²) in [6, 6.07) is 23.8. The second-order valence-electron chi connectivity index (χ2n) is 8.37. The van der Waals surface area contributed by atoms with Gasteiger partial charge in [-0.25, -0.2) is 9.98 Å². The lowest BCUT2D eigenvalue weighted by Crippen LogP contribution is -2.20. The summed E-state index contributed by atoms with van der Waals surface area (Å²) in [4.78, 5) is 12.7. The Morgan fingerprint density at radius 3 is 2.52 bits per heavy atom. The molecule has 0 amide bonds. The average Bonchev–Trinajstić information content (AvgIpc) is 3.25. The molecule has 0 bridgehead atoms. The summed E-state index contributed by atoms with van der Waals surface area (Å²) >= 11 is 0. The van der Waals surface area contributed by atoms with Crippen LogP contribution in [0.1, 0.15) is 37.2 Å². The quantitative estimate of drug-likeness (QED) is 0.201. The predicted molar refractivity (Wildman–Crippen MR) is 136 cm³/mol. The number of hydrogen-bond acceptors (Lipinski definition) is 4. The standard InChI is InChI=1S/C27H29N5O/c1-19(2)16-17-33-23-14-10-21(11-15-23)18-28-32-27(29-22-12-8-20(3)9-13-22)26-30-24-6-4-5-7-25(24)31-26/h4-15,18-19H,16-17H2,1-3H3,(H,29,32)(H,30,31)/b28-18+. The number of hydrogen-bond donors (Lipinski definition) is 2. The molecule has 0 radical (unpaired) electrons. The summed E-state index contributed by atoms with van der Waals surface area (Å²) in [6.45, 7) is 7.16. The van der Waals surface area contributed by atoms with Crippen molar-refractivity contribution in [3.8, 4) is 5.75 Å². The van der Waals surface area contributed by atoms with E-state index in [2.05, 4.69) is 41.3 Å². The van der Waals surface area contributed by atoms with Gasteiger partial charge in [-0.3, -0.25) is 5.43 Å². The molecule has 1 heterocycles. The van der Waals surface area contributed by atoms with Gasteiger partial charge >= 0.3 is 0 Å². The molecule has 168 valence electrons. The number of fused-ring (bicyclic) bond motifs is 1. The molecule has 3 aromatic carbocycles. The van der Waals surface area contributed by atoms with Crippen molar-refractivity contribution in [1.29, 1.82) is 0 Å². The van der Waals surface area contributed by atoms with Gasteiger partial charge in [0.2, 0.25) is 0 Å². The molecule has 0 atom stereocenters. The molecule has 4 aromatic rings. The maximum Gasteiger partial charge on any atom is 0.190 e. The number of aliphatic imine (C=N–C) groups is 1. The molecule has 0 unspecified atom stereocenters. The minimum Gasteiger partial charge on any atom is -0.494 e. The SMILES string of the molecule is Cc1ccc(N=C(N/N=C/c2ccc(OCCC(C)C)cc2)c2nc3ccccc3[nH]2)cc1. The summed E-state index contributed by atoms with van der Waals surface area (Å²) in [6.07, 6.45) is 2.79. The zero-order valence-corrected chi connectivity index (χ0v) is 19.2. The largest absolute Gasteiger partial charge is 0.494 e. The third kappa shape index (κ3) is 6.29. The summed E-state index contributed by atoms with van der Waals surface area (Å²) in [5.41, 5.74) is 7.85. The third-order valence-electron chi connectivity index (χ3n) is 5.12. The molecule has 0 saturated carbocycles. The minimum atomic E-state index is 0.542. The summed E-state index contributed by atoms with van der Waals surface area (Å²) < 4.78 is 5.78. The van der Waals surface area contributed by atoms with Gasteiger partial charge in [-0.15, -0.1) is 0 Å². The Bertz CT molecular complexity index is 1200. The highest BCUT2D eigenvalue weighted by Gasteiger charge is 2.09. The van der Waals surface area contributed by atoms with E-state index in [-0.39, 0.29) is 0 Å². The number of nitrogens with one attached hydrogen (secondary N) is 2. The van der Waals surface area contributed by atoms with Gasteiger partial charge < -0.3 is 9.72 Å². The highest BCUT2D eigenvalue weighted by molar-refractivity contribution is 6.00. The lowest BCUT2D eigenvalue weighted by atomic mass is 10.1. The van der Waals surface area contributed by atoms with Crippen molar-refractivity contribution in [1.82, 2.24) is 15.4 Å². The molecule has 0 fully saturated rings. The molecule has 0 aliphatic rings. The number of nitrogens with zero attached hydrogens (tertiary/aromatic N) is 3. The van der Waals surface area contributed by atoms with Crippen molar-refractivity contribution >= 4 is 28.8 Å². The number of aromatic amines is 1. The molecule has 0 aliphatic heterocycles. The first-order valence-corrected chi connectivity index (χ1v) is 11.2. The van der Waals surface area contributed by atoms with Gasteiger partial charge in [-0.1, -0.05) is 43.7 Å². The van der Waals surface area contributed by atoms with Crippen LogP contribution >= 0.6 is 0 Å². The number of rotatable bonds is 8. The minimum absolute atomic E-state index is 0.542. The summed E-state index contributed by atoms with van der Waals surface area (Å²) in [5.74, 6) is 2.66. The number of H-pyrrole nitrogens is 1. The average molecular weight is 440 g/mol. The van der Waals surface area contributed by atoms with Gasteiger partial charge in [-0.2, -0.15) is 5.10 Å². The van der Waals surface area contributed by atoms with Crippen LogP contribution < -0.4 is 10.2 Å². The van der Waals surface area contributed by atoms with E-state index >= 15 is 0 Å². The highest BCUT2D eigenvalue weighted by atomic mass is 16.5. The molecule has 33 heavy (non-hydrogen) atoms. The number of para-hydroxylation sites is 2. The highest BCUT2D eigenvalue weighted by Crippen LogP contribution is 2.16. The molecular formula is C27H29N5O. The number of aromatic nitrogens is 2. The first-order chi connectivity index (χ1) is 16.1. The zero-order valence-electron chi connectivity index (χ0n) is 19.2. The second kappa shape index (κ2) is 10.6. The van der Waals surface area contributed by atoms with Crippen LogP contribution in [0.15, 0.2) is 82.9 Å². The van der Waals surface area contributed by atoms with Gasteiger partial charge in [0.25, 0.3) is 0 Å². The maximum absolute atomic E-state index is 5.78. The van der Waals surface area contributed by atoms with E-state index in [4.69, 9.17) is 9.73 Å².